The largest absolute Gasteiger partial charge is 0.395 e. The third-order valence-electron chi connectivity index (χ3n) is 1.99. The lowest BCUT2D eigenvalue weighted by molar-refractivity contribution is 0.320. The summed E-state index contributed by atoms with van der Waals surface area (Å²) in [5.74, 6) is -0.392. The van der Waals surface area contributed by atoms with Crippen LogP contribution in [0.25, 0.3) is 11.0 Å². The van der Waals surface area contributed by atoms with E-state index < -0.39 is 22.4 Å². The smallest absolute Gasteiger partial charge is 0.235 e. The number of hydrogen-bond acceptors (Lipinski definition) is 6. The molecular weight excluding hydrogens is 286 g/mol. The highest BCUT2D eigenvalue weighted by Crippen LogP contribution is 2.30. The Morgan fingerprint density at radius 3 is 2.88 bits per heavy atom. The molecule has 0 aliphatic heterocycles. The van der Waals surface area contributed by atoms with Gasteiger partial charge in [0.05, 0.1) is 34.8 Å². The molecule has 2 rings (SSSR count). The molecule has 1 aromatic carbocycles. The van der Waals surface area contributed by atoms with Gasteiger partial charge in [-0.3, -0.25) is 4.72 Å². The molecule has 2 N–H and O–H groups in total. The molecule has 0 fully saturated rings. The number of aromatic nitrogens is 2. The lowest BCUT2D eigenvalue weighted by Gasteiger charge is -2.08. The molecule has 6 nitrogen and oxygen atoms in total. The molecule has 0 aliphatic rings. The molecule has 0 amide bonds. The number of rotatable bonds is 4. The van der Waals surface area contributed by atoms with Crippen LogP contribution in [0.4, 0.5) is 5.69 Å². The zero-order valence-corrected chi connectivity index (χ0v) is 10.8. The number of aliphatic hydroxyl groups excluding tert-OH is 1. The molecule has 92 valence electrons. The Kier molecular flexibility index (Phi) is 3.48. The first-order valence-electron chi connectivity index (χ1n) is 4.55. The van der Waals surface area contributed by atoms with E-state index in [0.717, 1.165) is 11.7 Å². The molecule has 2 aromatic rings. The zero-order valence-electron chi connectivity index (χ0n) is 8.42. The Morgan fingerprint density at radius 2 is 2.18 bits per heavy atom. The van der Waals surface area contributed by atoms with Crippen molar-refractivity contribution in [2.24, 2.45) is 0 Å². The van der Waals surface area contributed by atoms with Crippen LogP contribution in [0.2, 0.25) is 5.02 Å². The maximum absolute atomic E-state index is 11.5. The second kappa shape index (κ2) is 4.73. The van der Waals surface area contributed by atoms with Crippen molar-refractivity contribution in [1.29, 1.82) is 0 Å². The van der Waals surface area contributed by atoms with Crippen LogP contribution in [0.1, 0.15) is 0 Å². The summed E-state index contributed by atoms with van der Waals surface area (Å²) in [6.07, 6.45) is 0. The van der Waals surface area contributed by atoms with Crippen LogP contribution in [-0.4, -0.2) is 34.6 Å². The summed E-state index contributed by atoms with van der Waals surface area (Å²) in [4.78, 5) is 0. The Balaban J connectivity index is 2.48. The van der Waals surface area contributed by atoms with E-state index in [0.29, 0.717) is 11.0 Å². The normalized spacial score (nSPS) is 11.9. The topological polar surface area (TPSA) is 92.2 Å². The molecular formula is C8H8ClN3O3S2. The molecule has 0 bridgehead atoms. The minimum absolute atomic E-state index is 0.200. The van der Waals surface area contributed by atoms with Crippen LogP contribution < -0.4 is 4.72 Å². The van der Waals surface area contributed by atoms with E-state index in [9.17, 15) is 8.42 Å². The molecule has 0 aliphatic carbocycles. The van der Waals surface area contributed by atoms with Gasteiger partial charge in [-0.1, -0.05) is 11.6 Å². The number of hydrogen-bond donors (Lipinski definition) is 2. The Hall–Kier alpha value is -0.960. The van der Waals surface area contributed by atoms with Crippen molar-refractivity contribution in [2.75, 3.05) is 17.1 Å². The van der Waals surface area contributed by atoms with Crippen molar-refractivity contribution in [1.82, 2.24) is 8.75 Å². The molecule has 0 unspecified atom stereocenters. The van der Waals surface area contributed by atoms with E-state index in [1.807, 2.05) is 0 Å². The summed E-state index contributed by atoms with van der Waals surface area (Å²) in [6, 6.07) is 3.20. The van der Waals surface area contributed by atoms with Gasteiger partial charge < -0.3 is 5.11 Å². The number of fused-ring (bicyclic) bond motifs is 1. The van der Waals surface area contributed by atoms with Crippen LogP contribution >= 0.6 is 23.3 Å². The maximum atomic E-state index is 11.5. The number of nitrogens with zero attached hydrogens (tertiary/aromatic N) is 2. The highest BCUT2D eigenvalue weighted by atomic mass is 35.5. The molecule has 0 saturated carbocycles. The van der Waals surface area contributed by atoms with Crippen molar-refractivity contribution in [3.63, 3.8) is 0 Å². The molecule has 0 spiro atoms. The number of benzene rings is 1. The molecule has 1 heterocycles. The molecule has 0 saturated heterocycles. The van der Waals surface area contributed by atoms with Crippen molar-refractivity contribution in [3.05, 3.63) is 17.2 Å². The fourth-order valence-electron chi connectivity index (χ4n) is 1.25. The summed E-state index contributed by atoms with van der Waals surface area (Å²) in [5, 5.41) is 8.89. The SMILES string of the molecule is O=S(=O)(CCO)Nc1c(Cl)ccc2nsnc12. The molecule has 17 heavy (non-hydrogen) atoms. The van der Waals surface area contributed by atoms with E-state index >= 15 is 0 Å². The lowest BCUT2D eigenvalue weighted by Crippen LogP contribution is -2.19. The molecule has 0 atom stereocenters. The minimum atomic E-state index is -3.62. The average molecular weight is 294 g/mol. The average Bonchev–Trinajstić information content (AvgIpc) is 2.70. The summed E-state index contributed by atoms with van der Waals surface area (Å²) in [7, 11) is -3.62. The van der Waals surface area contributed by atoms with Gasteiger partial charge in [-0.05, 0) is 12.1 Å². The predicted molar refractivity (Wildman–Crippen MR) is 66.9 cm³/mol. The Labute approximate surface area is 107 Å². The van der Waals surface area contributed by atoms with E-state index in [1.54, 1.807) is 12.1 Å². The third-order valence-corrected chi connectivity index (χ3v) is 4.09. The second-order valence-corrected chi connectivity index (χ2v) is 5.98. The molecule has 1 aromatic heterocycles. The van der Waals surface area contributed by atoms with E-state index in [2.05, 4.69) is 13.5 Å². The van der Waals surface area contributed by atoms with Crippen molar-refractivity contribution in [2.45, 2.75) is 0 Å². The first-order chi connectivity index (χ1) is 8.03. The van der Waals surface area contributed by atoms with Gasteiger partial charge >= 0.3 is 0 Å². The fraction of sp³-hybridized carbons (Fsp3) is 0.250. The first kappa shape index (κ1) is 12.5. The monoisotopic (exact) mass is 293 g/mol. The summed E-state index contributed by atoms with van der Waals surface area (Å²) in [5.41, 5.74) is 1.18. The van der Waals surface area contributed by atoms with Crippen molar-refractivity contribution >= 4 is 50.1 Å². The van der Waals surface area contributed by atoms with Gasteiger partial charge in [0, 0.05) is 0 Å². The van der Waals surface area contributed by atoms with Gasteiger partial charge in [-0.15, -0.1) is 0 Å². The van der Waals surface area contributed by atoms with Gasteiger partial charge in [0.1, 0.15) is 11.0 Å². The Morgan fingerprint density at radius 1 is 1.41 bits per heavy atom. The fourth-order valence-corrected chi connectivity index (χ4v) is 2.91. The van der Waals surface area contributed by atoms with Crippen LogP contribution in [0.3, 0.4) is 0 Å². The van der Waals surface area contributed by atoms with Gasteiger partial charge in [-0.2, -0.15) is 8.75 Å². The summed E-state index contributed by atoms with van der Waals surface area (Å²) < 4.78 is 33.4. The highest BCUT2D eigenvalue weighted by molar-refractivity contribution is 7.92. The van der Waals surface area contributed by atoms with E-state index in [4.69, 9.17) is 16.7 Å². The summed E-state index contributed by atoms with van der Waals surface area (Å²) in [6.45, 7) is -0.460. The molecule has 9 heteroatoms. The maximum Gasteiger partial charge on any atom is 0.235 e. The number of halogens is 1. The van der Waals surface area contributed by atoms with Gasteiger partial charge in [0.15, 0.2) is 0 Å². The third kappa shape index (κ3) is 2.65. The quantitative estimate of drug-likeness (QED) is 0.880. The van der Waals surface area contributed by atoms with E-state index in [-0.39, 0.29) is 10.7 Å². The molecule has 0 radical (unpaired) electrons. The van der Waals surface area contributed by atoms with Crippen LogP contribution in [0.15, 0.2) is 12.1 Å². The number of nitrogens with one attached hydrogen (secondary N) is 1. The van der Waals surface area contributed by atoms with Crippen molar-refractivity contribution < 1.29 is 13.5 Å². The number of sulfonamides is 1. The van der Waals surface area contributed by atoms with Crippen LogP contribution in [-0.2, 0) is 10.0 Å². The van der Waals surface area contributed by atoms with Crippen molar-refractivity contribution in [3.8, 4) is 0 Å². The first-order valence-corrected chi connectivity index (χ1v) is 7.31. The second-order valence-electron chi connectivity index (χ2n) is 3.20. The minimum Gasteiger partial charge on any atom is -0.395 e. The van der Waals surface area contributed by atoms with Crippen LogP contribution in [0.5, 0.6) is 0 Å². The standard InChI is InChI=1S/C8H8ClN3O3S2/c9-5-1-2-6-8(11-16-10-6)7(5)12-17(14,15)4-3-13/h1-2,12-13H,3-4H2. The lowest BCUT2D eigenvalue weighted by atomic mass is 10.3. The van der Waals surface area contributed by atoms with Gasteiger partial charge in [-0.25, -0.2) is 8.42 Å². The highest BCUT2D eigenvalue weighted by Gasteiger charge is 2.16. The van der Waals surface area contributed by atoms with Crippen LogP contribution in [0, 0.1) is 0 Å². The number of anilines is 1. The summed E-state index contributed by atoms with van der Waals surface area (Å²) >= 11 is 6.89. The Bertz CT molecular complexity index is 641. The van der Waals surface area contributed by atoms with E-state index in [1.165, 1.54) is 0 Å². The number of aliphatic hydroxyl groups is 1. The zero-order chi connectivity index (χ0) is 12.5. The predicted octanol–water partition coefficient (Wildman–Crippen LogP) is 1.08. The van der Waals surface area contributed by atoms with Gasteiger partial charge in [0.2, 0.25) is 10.0 Å². The van der Waals surface area contributed by atoms with Gasteiger partial charge in [0.25, 0.3) is 0 Å².